The first-order valence-electron chi connectivity index (χ1n) is 7.96. The standard InChI is InChI=1S/C16H33NO/c1-14(10-9-13-16(2,3)18)17-15-11-7-5-4-6-8-12-15/h14-15,17-18H,4-13H2,1-3H3/t14-/m0/s1. The van der Waals surface area contributed by atoms with Gasteiger partial charge in [-0.15, -0.1) is 0 Å². The van der Waals surface area contributed by atoms with Gasteiger partial charge in [-0.1, -0.05) is 32.1 Å². The minimum absolute atomic E-state index is 0.500. The smallest absolute Gasteiger partial charge is 0.0591 e. The SMILES string of the molecule is C[C@@H](CCCC(C)(C)O)NC1CCCCCCC1. The molecule has 2 nitrogen and oxygen atoms in total. The number of hydrogen-bond donors (Lipinski definition) is 2. The van der Waals surface area contributed by atoms with Gasteiger partial charge in [0, 0.05) is 12.1 Å². The van der Waals surface area contributed by atoms with Gasteiger partial charge >= 0.3 is 0 Å². The summed E-state index contributed by atoms with van der Waals surface area (Å²) in [5.74, 6) is 0. The van der Waals surface area contributed by atoms with Crippen LogP contribution in [0.15, 0.2) is 0 Å². The number of hydrogen-bond acceptors (Lipinski definition) is 2. The summed E-state index contributed by atoms with van der Waals surface area (Å²) in [6, 6.07) is 1.33. The average Bonchev–Trinajstić information content (AvgIpc) is 2.20. The highest BCUT2D eigenvalue weighted by molar-refractivity contribution is 4.74. The fourth-order valence-corrected chi connectivity index (χ4v) is 2.95. The second-order valence-corrected chi connectivity index (χ2v) is 6.81. The summed E-state index contributed by atoms with van der Waals surface area (Å²) in [6.45, 7) is 6.10. The van der Waals surface area contributed by atoms with Crippen molar-refractivity contribution < 1.29 is 5.11 Å². The van der Waals surface area contributed by atoms with E-state index in [-0.39, 0.29) is 0 Å². The van der Waals surface area contributed by atoms with E-state index in [0.29, 0.717) is 6.04 Å². The van der Waals surface area contributed by atoms with E-state index >= 15 is 0 Å². The van der Waals surface area contributed by atoms with Crippen LogP contribution in [0.25, 0.3) is 0 Å². The maximum Gasteiger partial charge on any atom is 0.0591 e. The topological polar surface area (TPSA) is 32.3 Å². The van der Waals surface area contributed by atoms with Crippen molar-refractivity contribution in [3.05, 3.63) is 0 Å². The molecule has 0 aromatic rings. The molecule has 0 bridgehead atoms. The van der Waals surface area contributed by atoms with Crippen molar-refractivity contribution in [3.8, 4) is 0 Å². The Morgan fingerprint density at radius 1 is 1.11 bits per heavy atom. The summed E-state index contributed by atoms with van der Waals surface area (Å²) in [6.07, 6.45) is 13.0. The molecule has 0 aromatic carbocycles. The zero-order valence-electron chi connectivity index (χ0n) is 12.7. The Balaban J connectivity index is 2.15. The molecule has 0 spiro atoms. The van der Waals surface area contributed by atoms with Crippen LogP contribution in [-0.2, 0) is 0 Å². The van der Waals surface area contributed by atoms with Crippen molar-refractivity contribution in [2.24, 2.45) is 0 Å². The third kappa shape index (κ3) is 8.10. The molecule has 1 saturated carbocycles. The molecule has 2 heteroatoms. The minimum Gasteiger partial charge on any atom is -0.390 e. The molecule has 108 valence electrons. The van der Waals surface area contributed by atoms with Crippen LogP contribution in [0, 0.1) is 0 Å². The average molecular weight is 255 g/mol. The maximum absolute atomic E-state index is 9.70. The normalized spacial score (nSPS) is 21.3. The van der Waals surface area contributed by atoms with E-state index in [4.69, 9.17) is 0 Å². The van der Waals surface area contributed by atoms with Gasteiger partial charge in [-0.2, -0.15) is 0 Å². The Morgan fingerprint density at radius 2 is 1.67 bits per heavy atom. The summed E-state index contributed by atoms with van der Waals surface area (Å²) in [5.41, 5.74) is -0.500. The van der Waals surface area contributed by atoms with Crippen molar-refractivity contribution in [1.29, 1.82) is 0 Å². The number of aliphatic hydroxyl groups is 1. The van der Waals surface area contributed by atoms with E-state index in [2.05, 4.69) is 12.2 Å². The quantitative estimate of drug-likeness (QED) is 0.751. The summed E-state index contributed by atoms with van der Waals surface area (Å²) in [4.78, 5) is 0. The van der Waals surface area contributed by atoms with Gasteiger partial charge in [-0.05, 0) is 52.9 Å². The van der Waals surface area contributed by atoms with Crippen LogP contribution in [-0.4, -0.2) is 22.8 Å². The second-order valence-electron chi connectivity index (χ2n) is 6.81. The lowest BCUT2D eigenvalue weighted by Gasteiger charge is -2.26. The molecule has 0 saturated heterocycles. The Hall–Kier alpha value is -0.0800. The van der Waals surface area contributed by atoms with Crippen molar-refractivity contribution in [3.63, 3.8) is 0 Å². The third-order valence-electron chi connectivity index (χ3n) is 4.05. The van der Waals surface area contributed by atoms with Gasteiger partial charge < -0.3 is 10.4 Å². The molecule has 2 N–H and O–H groups in total. The van der Waals surface area contributed by atoms with E-state index in [9.17, 15) is 5.11 Å². The van der Waals surface area contributed by atoms with Gasteiger partial charge in [-0.25, -0.2) is 0 Å². The minimum atomic E-state index is -0.500. The Bertz CT molecular complexity index is 202. The van der Waals surface area contributed by atoms with Crippen LogP contribution in [0.3, 0.4) is 0 Å². The van der Waals surface area contributed by atoms with Gasteiger partial charge in [0.05, 0.1) is 5.60 Å². The largest absolute Gasteiger partial charge is 0.390 e. The predicted molar refractivity (Wildman–Crippen MR) is 78.9 cm³/mol. The highest BCUT2D eigenvalue weighted by Gasteiger charge is 2.15. The first-order chi connectivity index (χ1) is 8.47. The fourth-order valence-electron chi connectivity index (χ4n) is 2.95. The van der Waals surface area contributed by atoms with Crippen LogP contribution in [0.2, 0.25) is 0 Å². The van der Waals surface area contributed by atoms with Crippen LogP contribution >= 0.6 is 0 Å². The zero-order chi connectivity index (χ0) is 13.4. The first-order valence-corrected chi connectivity index (χ1v) is 7.96. The summed E-state index contributed by atoms with van der Waals surface area (Å²) in [7, 11) is 0. The Morgan fingerprint density at radius 3 is 2.22 bits per heavy atom. The Labute approximate surface area is 114 Å². The predicted octanol–water partition coefficient (Wildman–Crippen LogP) is 4.02. The highest BCUT2D eigenvalue weighted by atomic mass is 16.3. The molecule has 0 heterocycles. The molecule has 0 aromatic heterocycles. The van der Waals surface area contributed by atoms with E-state index in [1.807, 2.05) is 13.8 Å². The summed E-state index contributed by atoms with van der Waals surface area (Å²) >= 11 is 0. The van der Waals surface area contributed by atoms with Crippen molar-refractivity contribution in [2.75, 3.05) is 0 Å². The van der Waals surface area contributed by atoms with E-state index < -0.39 is 5.60 Å². The fraction of sp³-hybridized carbons (Fsp3) is 1.00. The molecule has 0 radical (unpaired) electrons. The van der Waals surface area contributed by atoms with Gasteiger partial charge in [-0.3, -0.25) is 0 Å². The van der Waals surface area contributed by atoms with Crippen molar-refractivity contribution >= 4 is 0 Å². The molecule has 0 amide bonds. The molecular weight excluding hydrogens is 222 g/mol. The molecule has 18 heavy (non-hydrogen) atoms. The van der Waals surface area contributed by atoms with Gasteiger partial charge in [0.2, 0.25) is 0 Å². The third-order valence-corrected chi connectivity index (χ3v) is 4.05. The molecular formula is C16H33NO. The molecule has 1 rings (SSSR count). The monoisotopic (exact) mass is 255 g/mol. The van der Waals surface area contributed by atoms with Gasteiger partial charge in [0.15, 0.2) is 0 Å². The summed E-state index contributed by atoms with van der Waals surface area (Å²) in [5, 5.41) is 13.5. The molecule has 1 atom stereocenters. The molecule has 1 aliphatic carbocycles. The van der Waals surface area contributed by atoms with Gasteiger partial charge in [0.25, 0.3) is 0 Å². The summed E-state index contributed by atoms with van der Waals surface area (Å²) < 4.78 is 0. The molecule has 1 fully saturated rings. The van der Waals surface area contributed by atoms with E-state index in [1.54, 1.807) is 0 Å². The highest BCUT2D eigenvalue weighted by Crippen LogP contribution is 2.19. The lowest BCUT2D eigenvalue weighted by molar-refractivity contribution is 0.0673. The van der Waals surface area contributed by atoms with E-state index in [1.165, 1.54) is 51.4 Å². The molecule has 1 aliphatic rings. The van der Waals surface area contributed by atoms with Gasteiger partial charge in [0.1, 0.15) is 0 Å². The number of rotatable bonds is 6. The van der Waals surface area contributed by atoms with Crippen molar-refractivity contribution in [2.45, 2.75) is 103 Å². The van der Waals surface area contributed by atoms with Crippen LogP contribution < -0.4 is 5.32 Å². The zero-order valence-corrected chi connectivity index (χ0v) is 12.7. The van der Waals surface area contributed by atoms with Crippen LogP contribution in [0.4, 0.5) is 0 Å². The second kappa shape index (κ2) is 8.16. The molecule has 0 unspecified atom stereocenters. The lowest BCUT2D eigenvalue weighted by Crippen LogP contribution is -2.37. The van der Waals surface area contributed by atoms with E-state index in [0.717, 1.165) is 18.9 Å². The molecule has 0 aliphatic heterocycles. The van der Waals surface area contributed by atoms with Crippen LogP contribution in [0.1, 0.15) is 85.0 Å². The van der Waals surface area contributed by atoms with Crippen molar-refractivity contribution in [1.82, 2.24) is 5.32 Å². The lowest BCUT2D eigenvalue weighted by atomic mass is 9.95. The first kappa shape index (κ1) is 16.0. The Kier molecular flexibility index (Phi) is 7.25. The maximum atomic E-state index is 9.70. The number of nitrogens with one attached hydrogen (secondary N) is 1. The van der Waals surface area contributed by atoms with Crippen LogP contribution in [0.5, 0.6) is 0 Å².